The minimum absolute atomic E-state index is 0.540. The zero-order valence-electron chi connectivity index (χ0n) is 11.5. The molecule has 1 aromatic rings. The van der Waals surface area contributed by atoms with Gasteiger partial charge in [0.25, 0.3) is 0 Å². The monoisotopic (exact) mass is 214 g/mol. The summed E-state index contributed by atoms with van der Waals surface area (Å²) in [5, 5.41) is 0. The van der Waals surface area contributed by atoms with Gasteiger partial charge in [0.1, 0.15) is 7.85 Å². The van der Waals surface area contributed by atoms with Gasteiger partial charge in [-0.2, -0.15) is 0 Å². The van der Waals surface area contributed by atoms with Gasteiger partial charge in [-0.3, -0.25) is 0 Å². The van der Waals surface area contributed by atoms with Gasteiger partial charge in [-0.05, 0) is 34.4 Å². The van der Waals surface area contributed by atoms with Gasteiger partial charge in [-0.15, -0.1) is 0 Å². The summed E-state index contributed by atoms with van der Waals surface area (Å²) in [4.78, 5) is 0. The normalized spacial score (nSPS) is 11.8. The molecule has 0 aliphatic heterocycles. The highest BCUT2D eigenvalue weighted by atomic mass is 14.2. The molecule has 1 aromatic carbocycles. The van der Waals surface area contributed by atoms with Gasteiger partial charge in [-0.1, -0.05) is 59.1 Å². The van der Waals surface area contributed by atoms with Crippen molar-refractivity contribution < 1.29 is 0 Å². The lowest BCUT2D eigenvalue weighted by atomic mass is 9.78. The Morgan fingerprint density at radius 3 is 1.38 bits per heavy atom. The fourth-order valence-corrected chi connectivity index (χ4v) is 2.34. The molecule has 86 valence electrons. The molecule has 0 unspecified atom stereocenters. The van der Waals surface area contributed by atoms with Gasteiger partial charge in [-0.25, -0.2) is 0 Å². The topological polar surface area (TPSA) is 0 Å². The second kappa shape index (κ2) is 5.08. The standard InChI is InChI=1S/C15H23B/c1-9(2)13-7-12(16)8-14(10(3)4)15(13)11(5)6/h7-11H,1-6H3. The van der Waals surface area contributed by atoms with Crippen molar-refractivity contribution in [1.29, 1.82) is 0 Å². The minimum atomic E-state index is 0.540. The quantitative estimate of drug-likeness (QED) is 0.670. The Bertz CT molecular complexity index is 333. The van der Waals surface area contributed by atoms with Crippen LogP contribution in [0.5, 0.6) is 0 Å². The number of rotatable bonds is 3. The van der Waals surface area contributed by atoms with Gasteiger partial charge in [0.15, 0.2) is 0 Å². The van der Waals surface area contributed by atoms with Crippen molar-refractivity contribution in [2.24, 2.45) is 0 Å². The van der Waals surface area contributed by atoms with E-state index in [9.17, 15) is 0 Å². The molecule has 0 atom stereocenters. The first kappa shape index (κ1) is 13.4. The fourth-order valence-electron chi connectivity index (χ4n) is 2.34. The average molecular weight is 214 g/mol. The Morgan fingerprint density at radius 1 is 0.750 bits per heavy atom. The molecule has 0 amide bonds. The summed E-state index contributed by atoms with van der Waals surface area (Å²) >= 11 is 0. The summed E-state index contributed by atoms with van der Waals surface area (Å²) in [6, 6.07) is 4.29. The SMILES string of the molecule is [B]c1cc(C(C)C)c(C(C)C)c(C(C)C)c1. The van der Waals surface area contributed by atoms with Crippen molar-refractivity contribution in [2.45, 2.75) is 59.3 Å². The van der Waals surface area contributed by atoms with Crippen LogP contribution >= 0.6 is 0 Å². The Labute approximate surface area is 102 Å². The molecule has 0 spiro atoms. The van der Waals surface area contributed by atoms with Crippen LogP contribution in [0.15, 0.2) is 12.1 Å². The van der Waals surface area contributed by atoms with Gasteiger partial charge < -0.3 is 0 Å². The molecule has 0 aliphatic carbocycles. The lowest BCUT2D eigenvalue weighted by Gasteiger charge is -2.23. The Balaban J connectivity index is 3.48. The van der Waals surface area contributed by atoms with Crippen molar-refractivity contribution in [2.75, 3.05) is 0 Å². The molecular weight excluding hydrogens is 191 g/mol. The second-order valence-electron chi connectivity index (χ2n) is 5.58. The molecule has 0 aromatic heterocycles. The predicted octanol–water partition coefficient (Wildman–Crippen LogP) is 3.85. The molecule has 1 heteroatoms. The molecule has 0 fully saturated rings. The van der Waals surface area contributed by atoms with Gasteiger partial charge in [0, 0.05) is 0 Å². The minimum Gasteiger partial charge on any atom is -0.0961 e. The lowest BCUT2D eigenvalue weighted by Crippen LogP contribution is -2.13. The van der Waals surface area contributed by atoms with Crippen LogP contribution in [0.2, 0.25) is 0 Å². The molecule has 0 N–H and O–H groups in total. The van der Waals surface area contributed by atoms with E-state index in [0.29, 0.717) is 17.8 Å². The zero-order valence-corrected chi connectivity index (χ0v) is 11.5. The smallest absolute Gasteiger partial charge is 0.0961 e. The molecule has 1 rings (SSSR count). The van der Waals surface area contributed by atoms with Crippen molar-refractivity contribution >= 4 is 13.3 Å². The summed E-state index contributed by atoms with van der Waals surface area (Å²) in [6.07, 6.45) is 0. The van der Waals surface area contributed by atoms with Crippen LogP contribution in [0.4, 0.5) is 0 Å². The zero-order chi connectivity index (χ0) is 12.5. The van der Waals surface area contributed by atoms with E-state index in [0.717, 1.165) is 5.46 Å². The number of hydrogen-bond donors (Lipinski definition) is 0. The van der Waals surface area contributed by atoms with E-state index in [2.05, 4.69) is 53.7 Å². The maximum absolute atomic E-state index is 6.00. The van der Waals surface area contributed by atoms with Gasteiger partial charge >= 0.3 is 0 Å². The average Bonchev–Trinajstić information content (AvgIpc) is 2.15. The molecule has 0 heterocycles. The van der Waals surface area contributed by atoms with E-state index in [1.807, 2.05) is 0 Å². The van der Waals surface area contributed by atoms with Crippen LogP contribution in [-0.4, -0.2) is 7.85 Å². The summed E-state index contributed by atoms with van der Waals surface area (Å²) in [5.74, 6) is 1.65. The highest BCUT2D eigenvalue weighted by Gasteiger charge is 2.16. The van der Waals surface area contributed by atoms with Crippen LogP contribution in [0.3, 0.4) is 0 Å². The largest absolute Gasteiger partial charge is 0.113 e. The predicted molar refractivity (Wildman–Crippen MR) is 74.1 cm³/mol. The Kier molecular flexibility index (Phi) is 4.24. The molecule has 0 bridgehead atoms. The van der Waals surface area contributed by atoms with Crippen LogP contribution in [0.25, 0.3) is 0 Å². The van der Waals surface area contributed by atoms with E-state index < -0.39 is 0 Å². The second-order valence-corrected chi connectivity index (χ2v) is 5.58. The molecule has 0 saturated heterocycles. The Morgan fingerprint density at radius 2 is 1.12 bits per heavy atom. The molecule has 2 radical (unpaired) electrons. The van der Waals surface area contributed by atoms with Crippen molar-refractivity contribution in [1.82, 2.24) is 0 Å². The van der Waals surface area contributed by atoms with Crippen LogP contribution < -0.4 is 5.46 Å². The first-order valence-corrected chi connectivity index (χ1v) is 6.27. The molecule has 16 heavy (non-hydrogen) atoms. The third kappa shape index (κ3) is 2.69. The van der Waals surface area contributed by atoms with Crippen LogP contribution in [0, 0.1) is 0 Å². The summed E-state index contributed by atoms with van der Waals surface area (Å²) in [6.45, 7) is 13.5. The van der Waals surface area contributed by atoms with E-state index in [1.54, 1.807) is 0 Å². The number of benzene rings is 1. The third-order valence-electron chi connectivity index (χ3n) is 3.09. The molecule has 0 nitrogen and oxygen atoms in total. The van der Waals surface area contributed by atoms with Crippen molar-refractivity contribution in [3.63, 3.8) is 0 Å². The van der Waals surface area contributed by atoms with E-state index in [1.165, 1.54) is 16.7 Å². The third-order valence-corrected chi connectivity index (χ3v) is 3.09. The molecule has 0 saturated carbocycles. The highest BCUT2D eigenvalue weighted by molar-refractivity contribution is 6.32. The van der Waals surface area contributed by atoms with E-state index in [-0.39, 0.29) is 0 Å². The highest BCUT2D eigenvalue weighted by Crippen LogP contribution is 2.32. The van der Waals surface area contributed by atoms with Gasteiger partial charge in [0.2, 0.25) is 0 Å². The van der Waals surface area contributed by atoms with Crippen LogP contribution in [-0.2, 0) is 0 Å². The summed E-state index contributed by atoms with van der Waals surface area (Å²) < 4.78 is 0. The summed E-state index contributed by atoms with van der Waals surface area (Å²) in [7, 11) is 6.00. The first-order valence-electron chi connectivity index (χ1n) is 6.27. The first-order chi connectivity index (χ1) is 7.34. The summed E-state index contributed by atoms with van der Waals surface area (Å²) in [5.41, 5.74) is 5.23. The van der Waals surface area contributed by atoms with Crippen molar-refractivity contribution in [3.05, 3.63) is 28.8 Å². The molecular formula is C15H23B. The lowest BCUT2D eigenvalue weighted by molar-refractivity contribution is 0.750. The maximum atomic E-state index is 6.00. The van der Waals surface area contributed by atoms with E-state index in [4.69, 9.17) is 7.85 Å². The van der Waals surface area contributed by atoms with E-state index >= 15 is 0 Å². The Hall–Kier alpha value is -0.715. The number of hydrogen-bond acceptors (Lipinski definition) is 0. The fraction of sp³-hybridized carbons (Fsp3) is 0.600. The van der Waals surface area contributed by atoms with Gasteiger partial charge in [0.05, 0.1) is 0 Å². The van der Waals surface area contributed by atoms with Crippen molar-refractivity contribution in [3.8, 4) is 0 Å². The molecule has 0 aliphatic rings. The van der Waals surface area contributed by atoms with Crippen LogP contribution in [0.1, 0.15) is 76.0 Å². The maximum Gasteiger partial charge on any atom is 0.113 e.